The van der Waals surface area contributed by atoms with Gasteiger partial charge in [0, 0.05) is 32.0 Å². The zero-order valence-corrected chi connectivity index (χ0v) is 25.6. The second-order valence-corrected chi connectivity index (χ2v) is 12.6. The second kappa shape index (κ2) is 14.7. The van der Waals surface area contributed by atoms with Crippen LogP contribution in [-0.4, -0.2) is 84.7 Å². The highest BCUT2D eigenvalue weighted by atomic mass is 16.6. The number of nitrogens with zero attached hydrogens (tertiary/aromatic N) is 1. The topological polar surface area (TPSA) is 133 Å². The van der Waals surface area contributed by atoms with Gasteiger partial charge in [-0.1, -0.05) is 30.7 Å². The highest BCUT2D eigenvalue weighted by Crippen LogP contribution is 2.43. The van der Waals surface area contributed by atoms with Gasteiger partial charge in [-0.25, -0.2) is 4.79 Å². The molecule has 4 aliphatic heterocycles. The largest absolute Gasteiger partial charge is 0.442 e. The molecule has 234 valence electrons. The smallest absolute Gasteiger partial charge is 0.410 e. The average Bonchev–Trinajstić information content (AvgIpc) is 3.69. The minimum Gasteiger partial charge on any atom is -0.442 e. The molecule has 1 unspecified atom stereocenters. The lowest BCUT2D eigenvalue weighted by Crippen LogP contribution is -2.50. The highest BCUT2D eigenvalue weighted by Gasteiger charge is 2.51. The van der Waals surface area contributed by atoms with Crippen LogP contribution in [0.25, 0.3) is 0 Å². The molecule has 10 nitrogen and oxygen atoms in total. The summed E-state index contributed by atoms with van der Waals surface area (Å²) in [4.78, 5) is 38.0. The summed E-state index contributed by atoms with van der Waals surface area (Å²) in [5, 5.41) is 3.06. The van der Waals surface area contributed by atoms with E-state index in [-0.39, 0.29) is 66.3 Å². The van der Waals surface area contributed by atoms with E-state index in [1.807, 2.05) is 13.0 Å². The Morgan fingerprint density at radius 3 is 2.55 bits per heavy atom. The number of nitrogens with two attached hydrogens (primary N) is 1. The van der Waals surface area contributed by atoms with Gasteiger partial charge in [0.05, 0.1) is 49.1 Å². The molecule has 4 fully saturated rings. The number of carbonyl (C=O) groups excluding carboxylic acids is 3. The van der Waals surface area contributed by atoms with Gasteiger partial charge >= 0.3 is 6.09 Å². The maximum absolute atomic E-state index is 12.6. The summed E-state index contributed by atoms with van der Waals surface area (Å²) >= 11 is 0. The van der Waals surface area contributed by atoms with Gasteiger partial charge in [0.1, 0.15) is 6.10 Å². The van der Waals surface area contributed by atoms with Crippen molar-refractivity contribution in [2.45, 2.75) is 121 Å². The van der Waals surface area contributed by atoms with Gasteiger partial charge in [0.15, 0.2) is 0 Å². The van der Waals surface area contributed by atoms with Crippen LogP contribution in [0.1, 0.15) is 79.1 Å². The minimum absolute atomic E-state index is 0.0512. The molecular weight excluding hydrogens is 538 g/mol. The van der Waals surface area contributed by atoms with E-state index in [0.717, 1.165) is 63.6 Å². The number of likely N-dealkylation sites (tertiary alicyclic amines) is 1. The van der Waals surface area contributed by atoms with Crippen molar-refractivity contribution in [2.24, 2.45) is 11.7 Å². The minimum atomic E-state index is -0.484. The zero-order valence-electron chi connectivity index (χ0n) is 25.6. The molecule has 1 spiro atoms. The van der Waals surface area contributed by atoms with Gasteiger partial charge in [0.25, 0.3) is 0 Å². The summed E-state index contributed by atoms with van der Waals surface area (Å²) in [6, 6.07) is -0.0988. The van der Waals surface area contributed by atoms with Gasteiger partial charge in [-0.3, -0.25) is 9.59 Å². The fourth-order valence-electron chi connectivity index (χ4n) is 6.15. The number of allylic oxidation sites excluding steroid dienone is 2. The number of amides is 3. The SMILES string of the molecule is CC(C=C[C@@H]1C[C@]2(CO2)C[C@@H](CC(N)=O)O1)=CC[C@@H]1O[C@H](C)[C@H](NC(=O)C=CC(C)OC(=O)N2CCCCC2)C[C@@H]1C. The molecule has 4 rings (SSSR count). The van der Waals surface area contributed by atoms with Crippen molar-refractivity contribution in [1.29, 1.82) is 0 Å². The van der Waals surface area contributed by atoms with E-state index in [1.165, 1.54) is 6.08 Å². The number of nitrogens with one attached hydrogen (secondary N) is 1. The number of hydrogen-bond donors (Lipinski definition) is 2. The van der Waals surface area contributed by atoms with E-state index < -0.39 is 6.10 Å². The molecule has 42 heavy (non-hydrogen) atoms. The first-order valence-electron chi connectivity index (χ1n) is 15.5. The van der Waals surface area contributed by atoms with Gasteiger partial charge in [-0.15, -0.1) is 0 Å². The number of ether oxygens (including phenoxy) is 4. The number of hydrogen-bond acceptors (Lipinski definition) is 7. The Labute approximate surface area is 250 Å². The van der Waals surface area contributed by atoms with Gasteiger partial charge in [-0.2, -0.15) is 0 Å². The molecule has 0 aliphatic carbocycles. The molecule has 4 saturated heterocycles. The first kappa shape index (κ1) is 32.2. The molecule has 0 radical (unpaired) electrons. The van der Waals surface area contributed by atoms with Crippen LogP contribution in [0.5, 0.6) is 0 Å². The van der Waals surface area contributed by atoms with Crippen molar-refractivity contribution in [3.05, 3.63) is 36.0 Å². The lowest BCUT2D eigenvalue weighted by molar-refractivity contribution is -0.125. The van der Waals surface area contributed by atoms with E-state index in [9.17, 15) is 14.4 Å². The first-order valence-corrected chi connectivity index (χ1v) is 15.5. The number of carbonyl (C=O) groups is 3. The molecule has 0 aromatic heterocycles. The summed E-state index contributed by atoms with van der Waals surface area (Å²) in [5.41, 5.74) is 6.34. The fourth-order valence-corrected chi connectivity index (χ4v) is 6.15. The van der Waals surface area contributed by atoms with Gasteiger partial charge < -0.3 is 34.9 Å². The Hall–Kier alpha value is -2.69. The molecule has 4 heterocycles. The standard InChI is InChI=1S/C32H49N3O7/c1-21(8-11-25-18-32(20-39-32)19-26(42-25)17-29(33)36)9-12-28-22(2)16-27(24(4)41-28)34-30(37)13-10-23(3)40-31(38)35-14-6-5-7-15-35/h8-11,13,22-28H,5-7,12,14-20H2,1-4H3,(H2,33,36)(H,34,37)/t22-,23?,24+,25+,26+,27+,28-,32+/m0/s1. The van der Waals surface area contributed by atoms with Crippen LogP contribution in [-0.2, 0) is 28.5 Å². The third-order valence-corrected chi connectivity index (χ3v) is 8.73. The summed E-state index contributed by atoms with van der Waals surface area (Å²) in [7, 11) is 0. The van der Waals surface area contributed by atoms with Gasteiger partial charge in [0.2, 0.25) is 11.8 Å². The van der Waals surface area contributed by atoms with Crippen molar-refractivity contribution in [1.82, 2.24) is 10.2 Å². The summed E-state index contributed by atoms with van der Waals surface area (Å²) in [6.45, 7) is 10.1. The van der Waals surface area contributed by atoms with Crippen molar-refractivity contribution in [2.75, 3.05) is 19.7 Å². The molecule has 0 aromatic rings. The Morgan fingerprint density at radius 1 is 1.12 bits per heavy atom. The Kier molecular flexibility index (Phi) is 11.3. The maximum atomic E-state index is 12.6. The molecule has 8 atom stereocenters. The van der Waals surface area contributed by atoms with Crippen LogP contribution >= 0.6 is 0 Å². The van der Waals surface area contributed by atoms with Crippen LogP contribution < -0.4 is 11.1 Å². The van der Waals surface area contributed by atoms with Crippen LogP contribution in [0.4, 0.5) is 4.79 Å². The van der Waals surface area contributed by atoms with Crippen molar-refractivity contribution < 1.29 is 33.3 Å². The van der Waals surface area contributed by atoms with Crippen LogP contribution in [0.3, 0.4) is 0 Å². The number of piperidine rings is 1. The van der Waals surface area contributed by atoms with Crippen LogP contribution in [0.15, 0.2) is 36.0 Å². The number of epoxide rings is 1. The third kappa shape index (κ3) is 9.67. The van der Waals surface area contributed by atoms with E-state index in [0.29, 0.717) is 6.61 Å². The molecule has 0 bridgehead atoms. The Morgan fingerprint density at radius 2 is 1.86 bits per heavy atom. The first-order chi connectivity index (χ1) is 20.0. The lowest BCUT2D eigenvalue weighted by Gasteiger charge is -2.39. The summed E-state index contributed by atoms with van der Waals surface area (Å²) in [6.07, 6.45) is 14.6. The Bertz CT molecular complexity index is 1050. The molecule has 10 heteroatoms. The Balaban J connectivity index is 1.19. The normalized spacial score (nSPS) is 34.5. The third-order valence-electron chi connectivity index (χ3n) is 8.73. The van der Waals surface area contributed by atoms with E-state index in [2.05, 4.69) is 31.3 Å². The zero-order chi connectivity index (χ0) is 30.3. The average molecular weight is 588 g/mol. The molecule has 3 N–H and O–H groups in total. The molecular formula is C32H49N3O7. The highest BCUT2D eigenvalue weighted by molar-refractivity contribution is 5.87. The second-order valence-electron chi connectivity index (χ2n) is 12.6. The number of rotatable bonds is 10. The van der Waals surface area contributed by atoms with Crippen LogP contribution in [0, 0.1) is 5.92 Å². The molecule has 4 aliphatic rings. The van der Waals surface area contributed by atoms with E-state index in [4.69, 9.17) is 24.7 Å². The van der Waals surface area contributed by atoms with Crippen LogP contribution in [0.2, 0.25) is 0 Å². The van der Waals surface area contributed by atoms with E-state index in [1.54, 1.807) is 17.9 Å². The predicted molar refractivity (Wildman–Crippen MR) is 158 cm³/mol. The summed E-state index contributed by atoms with van der Waals surface area (Å²) < 4.78 is 23.5. The van der Waals surface area contributed by atoms with Crippen molar-refractivity contribution in [3.8, 4) is 0 Å². The molecule has 0 saturated carbocycles. The monoisotopic (exact) mass is 587 g/mol. The van der Waals surface area contributed by atoms with E-state index >= 15 is 0 Å². The molecule has 0 aromatic carbocycles. The molecule has 3 amide bonds. The lowest BCUT2D eigenvalue weighted by atomic mass is 9.88. The quantitative estimate of drug-likeness (QED) is 0.225. The number of primary amides is 1. The fraction of sp³-hybridized carbons (Fsp3) is 0.719. The maximum Gasteiger partial charge on any atom is 0.410 e. The summed E-state index contributed by atoms with van der Waals surface area (Å²) in [5.74, 6) is -0.314. The van der Waals surface area contributed by atoms with Gasteiger partial charge in [-0.05, 0) is 64.9 Å². The van der Waals surface area contributed by atoms with Crippen molar-refractivity contribution in [3.63, 3.8) is 0 Å². The predicted octanol–water partition coefficient (Wildman–Crippen LogP) is 3.94. The van der Waals surface area contributed by atoms with Crippen molar-refractivity contribution >= 4 is 17.9 Å².